The largest absolute Gasteiger partial charge is 0.493 e. The highest BCUT2D eigenvalue weighted by molar-refractivity contribution is 7.89. The Bertz CT molecular complexity index is 1320. The van der Waals surface area contributed by atoms with Crippen LogP contribution in [0.15, 0.2) is 27.9 Å². The van der Waals surface area contributed by atoms with Gasteiger partial charge in [-0.2, -0.15) is 9.37 Å². The van der Waals surface area contributed by atoms with Gasteiger partial charge in [0.1, 0.15) is 11.6 Å². The number of aryl methyl sites for hydroxylation is 2. The van der Waals surface area contributed by atoms with Gasteiger partial charge >= 0.3 is 0 Å². The van der Waals surface area contributed by atoms with E-state index in [4.69, 9.17) is 4.74 Å². The van der Waals surface area contributed by atoms with Gasteiger partial charge in [0.25, 0.3) is 5.56 Å². The number of sulfonamides is 1. The number of rotatable bonds is 7. The summed E-state index contributed by atoms with van der Waals surface area (Å²) in [5, 5.41) is 15.3. The predicted molar refractivity (Wildman–Crippen MR) is 121 cm³/mol. The fraction of sp³-hybridized carbons (Fsp3) is 0.476. The van der Waals surface area contributed by atoms with Crippen LogP contribution in [-0.2, 0) is 16.4 Å². The van der Waals surface area contributed by atoms with Crippen molar-refractivity contribution in [3.05, 3.63) is 40.1 Å². The Balaban J connectivity index is 1.85. The second-order valence-corrected chi connectivity index (χ2v) is 9.81. The molecule has 2 aromatic heterocycles. The number of ether oxygens (including phenoxy) is 1. The molecule has 2 N–H and O–H groups in total. The molecule has 0 saturated carbocycles. The van der Waals surface area contributed by atoms with Crippen LogP contribution >= 0.6 is 0 Å². The Morgan fingerprint density at radius 2 is 1.91 bits per heavy atom. The molecule has 3 heterocycles. The first-order valence-corrected chi connectivity index (χ1v) is 12.4. The second-order valence-electron chi connectivity index (χ2n) is 7.88. The number of H-pyrrole nitrogens is 1. The fourth-order valence-corrected chi connectivity index (χ4v) is 5.39. The number of imidazole rings is 1. The van der Waals surface area contributed by atoms with E-state index in [1.165, 1.54) is 21.0 Å². The van der Waals surface area contributed by atoms with E-state index in [0.29, 0.717) is 41.4 Å². The standard InChI is InChI=1S/C21H28N6O5S/c1-4-6-18-22-14(3)19-21(28)23-20(24-27(18)19)16-13-15(7-8-17(16)32-5-2)33(30,31)26-11-9-25(29)10-12-26/h7-8,13,29H,4-6,9-12H2,1-3H3,(H,23,24,28). The maximum absolute atomic E-state index is 13.2. The van der Waals surface area contributed by atoms with Gasteiger partial charge in [-0.15, -0.1) is 5.10 Å². The molecule has 0 radical (unpaired) electrons. The third-order valence-corrected chi connectivity index (χ3v) is 7.47. The minimum absolute atomic E-state index is 0.0608. The lowest BCUT2D eigenvalue weighted by Gasteiger charge is -2.30. The van der Waals surface area contributed by atoms with Gasteiger partial charge in [0.05, 0.1) is 22.8 Å². The Labute approximate surface area is 191 Å². The maximum atomic E-state index is 13.2. The lowest BCUT2D eigenvalue weighted by Crippen LogP contribution is -2.47. The highest BCUT2D eigenvalue weighted by atomic mass is 32.2. The van der Waals surface area contributed by atoms with Gasteiger partial charge < -0.3 is 14.9 Å². The van der Waals surface area contributed by atoms with E-state index in [9.17, 15) is 18.4 Å². The quantitative estimate of drug-likeness (QED) is 0.523. The van der Waals surface area contributed by atoms with Gasteiger partial charge in [-0.3, -0.25) is 4.79 Å². The first-order valence-electron chi connectivity index (χ1n) is 11.0. The predicted octanol–water partition coefficient (Wildman–Crippen LogP) is 1.44. The highest BCUT2D eigenvalue weighted by Crippen LogP contribution is 2.31. The van der Waals surface area contributed by atoms with Crippen molar-refractivity contribution < 1.29 is 18.4 Å². The van der Waals surface area contributed by atoms with E-state index in [1.807, 2.05) is 13.8 Å². The number of aromatic nitrogens is 4. The van der Waals surface area contributed by atoms with E-state index >= 15 is 0 Å². The van der Waals surface area contributed by atoms with E-state index in [0.717, 1.165) is 11.5 Å². The molecule has 0 spiro atoms. The van der Waals surface area contributed by atoms with Crippen LogP contribution in [0.3, 0.4) is 0 Å². The summed E-state index contributed by atoms with van der Waals surface area (Å²) in [5.41, 5.74) is 0.961. The second kappa shape index (κ2) is 9.21. The third-order valence-electron chi connectivity index (χ3n) is 5.58. The van der Waals surface area contributed by atoms with E-state index in [2.05, 4.69) is 15.1 Å². The Morgan fingerprint density at radius 1 is 1.18 bits per heavy atom. The Hall–Kier alpha value is -2.80. The summed E-state index contributed by atoms with van der Waals surface area (Å²) >= 11 is 0. The number of nitrogens with one attached hydrogen (secondary N) is 1. The van der Waals surface area contributed by atoms with Crippen LogP contribution in [0, 0.1) is 6.92 Å². The number of fused-ring (bicyclic) bond motifs is 1. The zero-order chi connectivity index (χ0) is 23.8. The van der Waals surface area contributed by atoms with Crippen LogP contribution in [0.4, 0.5) is 0 Å². The summed E-state index contributed by atoms with van der Waals surface area (Å²) in [6.45, 7) is 6.77. The van der Waals surface area contributed by atoms with Crippen LogP contribution in [0.25, 0.3) is 16.9 Å². The number of hydrogen-bond acceptors (Lipinski definition) is 8. The summed E-state index contributed by atoms with van der Waals surface area (Å²) in [5.74, 6) is 1.27. The van der Waals surface area contributed by atoms with Crippen molar-refractivity contribution in [1.82, 2.24) is 29.0 Å². The molecule has 11 nitrogen and oxygen atoms in total. The summed E-state index contributed by atoms with van der Waals surface area (Å²) in [4.78, 5) is 20.2. The van der Waals surface area contributed by atoms with Crippen LogP contribution in [-0.4, -0.2) is 75.4 Å². The highest BCUT2D eigenvalue weighted by Gasteiger charge is 2.29. The summed E-state index contributed by atoms with van der Waals surface area (Å²) in [7, 11) is -3.81. The zero-order valence-electron chi connectivity index (χ0n) is 18.9. The summed E-state index contributed by atoms with van der Waals surface area (Å²) < 4.78 is 35.1. The average molecular weight is 477 g/mol. The van der Waals surface area contributed by atoms with Crippen molar-refractivity contribution in [2.24, 2.45) is 0 Å². The van der Waals surface area contributed by atoms with Gasteiger partial charge in [0.2, 0.25) is 10.0 Å². The molecule has 0 unspecified atom stereocenters. The molecule has 1 fully saturated rings. The molecule has 33 heavy (non-hydrogen) atoms. The number of nitrogens with zero attached hydrogens (tertiary/aromatic N) is 5. The third kappa shape index (κ3) is 4.38. The van der Waals surface area contributed by atoms with Crippen LogP contribution in [0.5, 0.6) is 5.75 Å². The molecule has 0 atom stereocenters. The minimum Gasteiger partial charge on any atom is -0.493 e. The smallest absolute Gasteiger partial charge is 0.277 e. The van der Waals surface area contributed by atoms with Gasteiger partial charge in [-0.25, -0.2) is 17.9 Å². The van der Waals surface area contributed by atoms with Crippen LogP contribution in [0.1, 0.15) is 31.8 Å². The molecule has 0 bridgehead atoms. The number of hydrogen-bond donors (Lipinski definition) is 2. The van der Waals surface area contributed by atoms with Crippen molar-refractivity contribution in [2.45, 2.75) is 38.5 Å². The van der Waals surface area contributed by atoms with Gasteiger partial charge in [0, 0.05) is 32.6 Å². The summed E-state index contributed by atoms with van der Waals surface area (Å²) in [6.07, 6.45) is 1.48. The molecule has 3 aromatic rings. The first-order chi connectivity index (χ1) is 15.8. The molecule has 0 amide bonds. The molecule has 12 heteroatoms. The van der Waals surface area contributed by atoms with Crippen molar-refractivity contribution in [1.29, 1.82) is 0 Å². The van der Waals surface area contributed by atoms with E-state index in [-0.39, 0.29) is 42.5 Å². The molecule has 1 aliphatic rings. The Morgan fingerprint density at radius 3 is 2.58 bits per heavy atom. The van der Waals surface area contributed by atoms with Crippen molar-refractivity contribution in [3.8, 4) is 17.1 Å². The molecular formula is C21H28N6O5S. The zero-order valence-corrected chi connectivity index (χ0v) is 19.7. The maximum Gasteiger partial charge on any atom is 0.277 e. The molecular weight excluding hydrogens is 448 g/mol. The summed E-state index contributed by atoms with van der Waals surface area (Å²) in [6, 6.07) is 4.53. The van der Waals surface area contributed by atoms with Crippen molar-refractivity contribution in [2.75, 3.05) is 32.8 Å². The van der Waals surface area contributed by atoms with E-state index < -0.39 is 10.0 Å². The number of benzene rings is 1. The number of piperazine rings is 1. The van der Waals surface area contributed by atoms with Crippen LogP contribution < -0.4 is 10.3 Å². The van der Waals surface area contributed by atoms with E-state index in [1.54, 1.807) is 13.0 Å². The van der Waals surface area contributed by atoms with Crippen LogP contribution in [0.2, 0.25) is 0 Å². The fourth-order valence-electron chi connectivity index (χ4n) is 3.95. The van der Waals surface area contributed by atoms with Crippen molar-refractivity contribution >= 4 is 15.5 Å². The molecule has 1 saturated heterocycles. The van der Waals surface area contributed by atoms with Gasteiger partial charge in [-0.1, -0.05) is 6.92 Å². The lowest BCUT2D eigenvalue weighted by molar-refractivity contribution is -0.108. The minimum atomic E-state index is -3.81. The van der Waals surface area contributed by atoms with Crippen molar-refractivity contribution in [3.63, 3.8) is 0 Å². The number of aromatic amines is 1. The average Bonchev–Trinajstić information content (AvgIpc) is 3.10. The van der Waals surface area contributed by atoms with Gasteiger partial charge in [0.15, 0.2) is 11.3 Å². The van der Waals surface area contributed by atoms with Gasteiger partial charge in [-0.05, 0) is 38.5 Å². The topological polar surface area (TPSA) is 133 Å². The normalized spacial score (nSPS) is 15.9. The molecule has 178 valence electrons. The number of hydroxylamine groups is 2. The molecule has 0 aliphatic carbocycles. The lowest BCUT2D eigenvalue weighted by atomic mass is 10.2. The Kier molecular flexibility index (Phi) is 6.52. The molecule has 1 aromatic carbocycles. The SMILES string of the molecule is CCCc1nc(C)c2c(=O)[nH]c(-c3cc(S(=O)(=O)N4CCN(O)CC4)ccc3OCC)nn12. The first kappa shape index (κ1) is 23.4. The molecule has 1 aliphatic heterocycles. The molecule has 4 rings (SSSR count). The monoisotopic (exact) mass is 476 g/mol.